The molecule has 2 N–H and O–H groups in total. The molecule has 0 fully saturated rings. The highest BCUT2D eigenvalue weighted by Gasteiger charge is 2.15. The molecule has 4 rings (SSSR count). The first-order valence-corrected chi connectivity index (χ1v) is 11.0. The third kappa shape index (κ3) is 4.26. The number of aromatic nitrogens is 3. The first kappa shape index (κ1) is 20.5. The molecule has 0 aliphatic carbocycles. The van der Waals surface area contributed by atoms with Crippen LogP contribution < -0.4 is 10.0 Å². The number of pyridine rings is 1. The molecule has 31 heavy (non-hydrogen) atoms. The van der Waals surface area contributed by atoms with E-state index in [-0.39, 0.29) is 10.8 Å². The van der Waals surface area contributed by atoms with Gasteiger partial charge in [0, 0.05) is 30.0 Å². The van der Waals surface area contributed by atoms with E-state index in [0.717, 1.165) is 16.6 Å². The van der Waals surface area contributed by atoms with E-state index in [0.29, 0.717) is 22.6 Å². The van der Waals surface area contributed by atoms with Crippen molar-refractivity contribution in [3.8, 4) is 0 Å². The quantitative estimate of drug-likeness (QED) is 0.498. The molecule has 0 saturated carbocycles. The van der Waals surface area contributed by atoms with Gasteiger partial charge in [0.1, 0.15) is 0 Å². The van der Waals surface area contributed by atoms with E-state index < -0.39 is 10.0 Å². The lowest BCUT2D eigenvalue weighted by atomic mass is 10.2. The second-order valence-electron chi connectivity index (χ2n) is 7.25. The maximum absolute atomic E-state index is 12.6. The van der Waals surface area contributed by atoms with Gasteiger partial charge in [0.25, 0.3) is 15.9 Å². The zero-order chi connectivity index (χ0) is 22.2. The van der Waals surface area contributed by atoms with Crippen LogP contribution in [0.2, 0.25) is 0 Å². The topological polar surface area (TPSA) is 106 Å². The molecule has 2 heterocycles. The molecule has 0 radical (unpaired) electrons. The van der Waals surface area contributed by atoms with Gasteiger partial charge in [-0.1, -0.05) is 17.7 Å². The highest BCUT2D eigenvalue weighted by atomic mass is 32.2. The normalized spacial score (nSPS) is 11.5. The minimum Gasteiger partial charge on any atom is -0.322 e. The summed E-state index contributed by atoms with van der Waals surface area (Å²) in [7, 11) is -1.88. The number of carbonyl (C=O) groups is 1. The van der Waals surface area contributed by atoms with Crippen LogP contribution in [0.15, 0.2) is 65.7 Å². The maximum Gasteiger partial charge on any atom is 0.261 e. The largest absolute Gasteiger partial charge is 0.322 e. The van der Waals surface area contributed by atoms with Crippen molar-refractivity contribution >= 4 is 38.3 Å². The van der Waals surface area contributed by atoms with Crippen LogP contribution in [0, 0.1) is 13.8 Å². The second kappa shape index (κ2) is 7.84. The summed E-state index contributed by atoms with van der Waals surface area (Å²) < 4.78 is 29.2. The Morgan fingerprint density at radius 2 is 1.61 bits per heavy atom. The summed E-state index contributed by atoms with van der Waals surface area (Å²) in [5, 5.41) is 7.92. The Morgan fingerprint density at radius 1 is 0.968 bits per heavy atom. The smallest absolute Gasteiger partial charge is 0.261 e. The van der Waals surface area contributed by atoms with Gasteiger partial charge >= 0.3 is 0 Å². The Hall–Kier alpha value is -3.72. The predicted octanol–water partition coefficient (Wildman–Crippen LogP) is 3.64. The first-order valence-electron chi connectivity index (χ1n) is 9.53. The number of sulfonamides is 1. The number of hydrogen-bond acceptors (Lipinski definition) is 5. The summed E-state index contributed by atoms with van der Waals surface area (Å²) in [5.74, 6) is -0.314. The van der Waals surface area contributed by atoms with E-state index in [1.165, 1.54) is 6.20 Å². The molecule has 8 nitrogen and oxygen atoms in total. The van der Waals surface area contributed by atoms with Crippen molar-refractivity contribution in [1.29, 1.82) is 0 Å². The van der Waals surface area contributed by atoms with Gasteiger partial charge in [0.05, 0.1) is 16.2 Å². The van der Waals surface area contributed by atoms with Crippen molar-refractivity contribution in [2.75, 3.05) is 10.0 Å². The van der Waals surface area contributed by atoms with Crippen molar-refractivity contribution in [2.24, 2.45) is 7.05 Å². The average molecular weight is 436 g/mol. The molecule has 0 spiro atoms. The Labute approximate surface area is 180 Å². The Bertz CT molecular complexity index is 1380. The van der Waals surface area contributed by atoms with Crippen LogP contribution >= 0.6 is 0 Å². The van der Waals surface area contributed by atoms with Crippen molar-refractivity contribution < 1.29 is 13.2 Å². The number of hydrogen-bond donors (Lipinski definition) is 2. The number of anilines is 2. The fourth-order valence-electron chi connectivity index (χ4n) is 3.19. The average Bonchev–Trinajstić information content (AvgIpc) is 3.02. The predicted molar refractivity (Wildman–Crippen MR) is 120 cm³/mol. The van der Waals surface area contributed by atoms with Crippen LogP contribution in [-0.4, -0.2) is 29.1 Å². The van der Waals surface area contributed by atoms with Crippen LogP contribution in [-0.2, 0) is 17.1 Å². The Morgan fingerprint density at radius 3 is 2.29 bits per heavy atom. The van der Waals surface area contributed by atoms with Crippen molar-refractivity contribution in [2.45, 2.75) is 18.7 Å². The standard InChI is InChI=1S/C22H21N5O3S/c1-14-4-10-19(11-5-14)31(29,30)26-18-8-6-17(7-9-18)24-22(28)16-12-20-15(2)25-27(3)21(20)23-13-16/h4-13,26H,1-3H3,(H,24,28). The lowest BCUT2D eigenvalue weighted by Gasteiger charge is -2.10. The van der Waals surface area contributed by atoms with Crippen LogP contribution in [0.25, 0.3) is 11.0 Å². The molecule has 0 aliphatic heterocycles. The van der Waals surface area contributed by atoms with E-state index in [1.807, 2.05) is 13.8 Å². The number of benzene rings is 2. The lowest BCUT2D eigenvalue weighted by Crippen LogP contribution is -2.14. The fourth-order valence-corrected chi connectivity index (χ4v) is 4.25. The maximum atomic E-state index is 12.6. The van der Waals surface area contributed by atoms with Gasteiger partial charge in [-0.25, -0.2) is 13.4 Å². The molecule has 4 aromatic rings. The summed E-state index contributed by atoms with van der Waals surface area (Å²) in [6, 6.07) is 14.8. The van der Waals surface area contributed by atoms with Gasteiger partial charge in [-0.15, -0.1) is 0 Å². The molecule has 0 unspecified atom stereocenters. The van der Waals surface area contributed by atoms with Crippen molar-refractivity contribution in [1.82, 2.24) is 14.8 Å². The number of fused-ring (bicyclic) bond motifs is 1. The van der Waals surface area contributed by atoms with Gasteiger partial charge in [-0.3, -0.25) is 14.2 Å². The highest BCUT2D eigenvalue weighted by molar-refractivity contribution is 7.92. The summed E-state index contributed by atoms with van der Waals surface area (Å²) in [6.07, 6.45) is 1.50. The number of nitrogens with one attached hydrogen (secondary N) is 2. The van der Waals surface area contributed by atoms with Gasteiger partial charge in [-0.2, -0.15) is 5.10 Å². The van der Waals surface area contributed by atoms with Gasteiger partial charge in [0.15, 0.2) is 5.65 Å². The summed E-state index contributed by atoms with van der Waals surface area (Å²) in [6.45, 7) is 3.75. The molecule has 0 aliphatic rings. The zero-order valence-corrected chi connectivity index (χ0v) is 18.1. The van der Waals surface area contributed by atoms with E-state index in [1.54, 1.807) is 66.3 Å². The number of amides is 1. The molecule has 158 valence electrons. The molecular formula is C22H21N5O3S. The zero-order valence-electron chi connectivity index (χ0n) is 17.2. The molecular weight excluding hydrogens is 414 g/mol. The van der Waals surface area contributed by atoms with Crippen molar-refractivity contribution in [3.05, 3.63) is 77.6 Å². The van der Waals surface area contributed by atoms with Gasteiger partial charge in [-0.05, 0) is 56.3 Å². The van der Waals surface area contributed by atoms with E-state index in [2.05, 4.69) is 20.1 Å². The molecule has 2 aromatic heterocycles. The second-order valence-corrected chi connectivity index (χ2v) is 8.94. The van der Waals surface area contributed by atoms with E-state index in [9.17, 15) is 13.2 Å². The van der Waals surface area contributed by atoms with Gasteiger partial charge in [0.2, 0.25) is 0 Å². The third-order valence-corrected chi connectivity index (χ3v) is 6.25. The molecule has 0 bridgehead atoms. The van der Waals surface area contributed by atoms with E-state index in [4.69, 9.17) is 0 Å². The number of carbonyl (C=O) groups excluding carboxylic acids is 1. The highest BCUT2D eigenvalue weighted by Crippen LogP contribution is 2.20. The summed E-state index contributed by atoms with van der Waals surface area (Å²) in [5.41, 5.74) is 3.82. The van der Waals surface area contributed by atoms with Crippen molar-refractivity contribution in [3.63, 3.8) is 0 Å². The molecule has 0 saturated heterocycles. The SMILES string of the molecule is Cc1ccc(S(=O)(=O)Nc2ccc(NC(=O)c3cnc4c(c3)c(C)nn4C)cc2)cc1. The first-order chi connectivity index (χ1) is 14.7. The Balaban J connectivity index is 1.47. The summed E-state index contributed by atoms with van der Waals surface area (Å²) >= 11 is 0. The molecule has 0 atom stereocenters. The minimum absolute atomic E-state index is 0.184. The van der Waals surface area contributed by atoms with Crippen LogP contribution in [0.3, 0.4) is 0 Å². The van der Waals surface area contributed by atoms with Crippen LogP contribution in [0.4, 0.5) is 11.4 Å². The molecule has 2 aromatic carbocycles. The third-order valence-electron chi connectivity index (χ3n) is 4.85. The number of aryl methyl sites for hydroxylation is 3. The van der Waals surface area contributed by atoms with Gasteiger partial charge < -0.3 is 5.32 Å². The molecule has 9 heteroatoms. The molecule has 1 amide bonds. The minimum atomic E-state index is -3.69. The summed E-state index contributed by atoms with van der Waals surface area (Å²) in [4.78, 5) is 17.1. The van der Waals surface area contributed by atoms with Crippen LogP contribution in [0.1, 0.15) is 21.6 Å². The monoisotopic (exact) mass is 435 g/mol. The fraction of sp³-hybridized carbons (Fsp3) is 0.136. The number of nitrogens with zero attached hydrogens (tertiary/aromatic N) is 3. The number of rotatable bonds is 5. The van der Waals surface area contributed by atoms with Crippen LogP contribution in [0.5, 0.6) is 0 Å². The Kier molecular flexibility index (Phi) is 5.20. The lowest BCUT2D eigenvalue weighted by molar-refractivity contribution is 0.102. The van der Waals surface area contributed by atoms with E-state index >= 15 is 0 Å².